The van der Waals surface area contributed by atoms with Gasteiger partial charge in [-0.15, -0.1) is 0 Å². The molecular weight excluding hydrogens is 426 g/mol. The number of ether oxygens (including phenoxy) is 1. The van der Waals surface area contributed by atoms with E-state index in [-0.39, 0.29) is 24.8 Å². The van der Waals surface area contributed by atoms with Crippen LogP contribution in [0.1, 0.15) is 41.6 Å². The van der Waals surface area contributed by atoms with Gasteiger partial charge in [0.15, 0.2) is 5.17 Å². The molecule has 1 fully saturated rings. The second-order valence-corrected chi connectivity index (χ2v) is 8.95. The number of piperidine rings is 1. The lowest BCUT2D eigenvalue weighted by atomic mass is 10.1. The van der Waals surface area contributed by atoms with E-state index >= 15 is 0 Å². The maximum Gasteiger partial charge on any atom is 0.338 e. The molecule has 8 heteroatoms. The predicted octanol–water partition coefficient (Wildman–Crippen LogP) is 3.86. The third-order valence-electron chi connectivity index (χ3n) is 5.32. The third kappa shape index (κ3) is 5.76. The Morgan fingerprint density at radius 2 is 1.84 bits per heavy atom. The van der Waals surface area contributed by atoms with Crippen LogP contribution in [0.3, 0.4) is 0 Å². The minimum Gasteiger partial charge on any atom is -0.457 e. The summed E-state index contributed by atoms with van der Waals surface area (Å²) in [7, 11) is 0. The molecule has 0 aromatic heterocycles. The first-order valence-electron chi connectivity index (χ1n) is 10.7. The molecule has 0 spiro atoms. The normalized spacial score (nSPS) is 18.2. The number of rotatable bonds is 6. The standard InChI is InChI=1S/C24H25N3O4S/c28-21(15-20-22(29)26-24(32-20)27-12-5-2-6-13-27)25-19-11-7-10-18(14-19)23(30)31-16-17-8-3-1-4-9-17/h1,3-4,7-11,14,20H,2,5-6,12-13,15-16H2,(H,25,28). The Balaban J connectivity index is 1.29. The lowest BCUT2D eigenvalue weighted by Crippen LogP contribution is -2.33. The van der Waals surface area contributed by atoms with Gasteiger partial charge in [-0.2, -0.15) is 4.99 Å². The highest BCUT2D eigenvalue weighted by molar-refractivity contribution is 8.15. The van der Waals surface area contributed by atoms with Crippen LogP contribution in [-0.2, 0) is 20.9 Å². The molecule has 0 saturated carbocycles. The minimum absolute atomic E-state index is 0.0347. The number of thioether (sulfide) groups is 1. The van der Waals surface area contributed by atoms with Gasteiger partial charge in [-0.1, -0.05) is 48.2 Å². The van der Waals surface area contributed by atoms with Crippen molar-refractivity contribution in [2.75, 3.05) is 18.4 Å². The molecule has 7 nitrogen and oxygen atoms in total. The van der Waals surface area contributed by atoms with Crippen LogP contribution in [0, 0.1) is 0 Å². The number of hydrogen-bond donors (Lipinski definition) is 1. The van der Waals surface area contributed by atoms with Crippen molar-refractivity contribution in [1.82, 2.24) is 4.90 Å². The van der Waals surface area contributed by atoms with Crippen LogP contribution in [0.2, 0.25) is 0 Å². The lowest BCUT2D eigenvalue weighted by Gasteiger charge is -2.27. The summed E-state index contributed by atoms with van der Waals surface area (Å²) in [6, 6.07) is 16.0. The number of likely N-dealkylation sites (tertiary alicyclic amines) is 1. The van der Waals surface area contributed by atoms with Gasteiger partial charge in [0.1, 0.15) is 11.9 Å². The number of amides is 2. The molecule has 2 aromatic carbocycles. The monoisotopic (exact) mass is 451 g/mol. The summed E-state index contributed by atoms with van der Waals surface area (Å²) >= 11 is 1.37. The summed E-state index contributed by atoms with van der Waals surface area (Å²) in [5.74, 6) is -1.02. The first-order valence-corrected chi connectivity index (χ1v) is 11.6. The maximum atomic E-state index is 12.5. The van der Waals surface area contributed by atoms with E-state index in [0.29, 0.717) is 11.3 Å². The van der Waals surface area contributed by atoms with Crippen molar-refractivity contribution in [3.63, 3.8) is 0 Å². The molecule has 166 valence electrons. The summed E-state index contributed by atoms with van der Waals surface area (Å²) < 4.78 is 5.35. The Hall–Kier alpha value is -3.13. The highest BCUT2D eigenvalue weighted by atomic mass is 32.2. The van der Waals surface area contributed by atoms with E-state index in [2.05, 4.69) is 15.2 Å². The Labute approximate surface area is 191 Å². The predicted molar refractivity (Wildman–Crippen MR) is 124 cm³/mol. The molecule has 1 unspecified atom stereocenters. The second-order valence-electron chi connectivity index (χ2n) is 7.78. The molecule has 2 heterocycles. The quantitative estimate of drug-likeness (QED) is 0.671. The van der Waals surface area contributed by atoms with E-state index in [0.717, 1.165) is 36.7 Å². The van der Waals surface area contributed by atoms with Gasteiger partial charge in [0.25, 0.3) is 5.91 Å². The number of amidine groups is 1. The average molecular weight is 452 g/mol. The number of carbonyl (C=O) groups is 3. The molecule has 1 atom stereocenters. The number of nitrogens with zero attached hydrogens (tertiary/aromatic N) is 2. The largest absolute Gasteiger partial charge is 0.457 e. The van der Waals surface area contributed by atoms with Crippen LogP contribution < -0.4 is 5.32 Å². The molecule has 2 aliphatic rings. The number of nitrogens with one attached hydrogen (secondary N) is 1. The molecule has 1 saturated heterocycles. The molecule has 4 rings (SSSR count). The van der Waals surface area contributed by atoms with Crippen molar-refractivity contribution >= 4 is 40.4 Å². The van der Waals surface area contributed by atoms with E-state index in [1.165, 1.54) is 18.2 Å². The van der Waals surface area contributed by atoms with Gasteiger partial charge >= 0.3 is 5.97 Å². The van der Waals surface area contributed by atoms with Crippen molar-refractivity contribution in [2.45, 2.75) is 37.5 Å². The van der Waals surface area contributed by atoms with Gasteiger partial charge in [-0.3, -0.25) is 9.59 Å². The zero-order valence-electron chi connectivity index (χ0n) is 17.7. The highest BCUT2D eigenvalue weighted by Gasteiger charge is 2.33. The number of carbonyl (C=O) groups excluding carboxylic acids is 3. The fraction of sp³-hybridized carbons (Fsp3) is 0.333. The molecule has 32 heavy (non-hydrogen) atoms. The molecule has 2 aliphatic heterocycles. The van der Waals surface area contributed by atoms with Crippen LogP contribution in [0.5, 0.6) is 0 Å². The molecule has 0 bridgehead atoms. The summed E-state index contributed by atoms with van der Waals surface area (Å²) in [4.78, 5) is 43.5. The van der Waals surface area contributed by atoms with E-state index in [1.807, 2.05) is 30.3 Å². The van der Waals surface area contributed by atoms with Crippen LogP contribution >= 0.6 is 11.8 Å². The van der Waals surface area contributed by atoms with Crippen molar-refractivity contribution in [3.05, 3.63) is 65.7 Å². The number of benzene rings is 2. The van der Waals surface area contributed by atoms with Crippen LogP contribution in [-0.4, -0.2) is 46.2 Å². The molecule has 1 N–H and O–H groups in total. The molecular formula is C24H25N3O4S. The van der Waals surface area contributed by atoms with Crippen molar-refractivity contribution in [1.29, 1.82) is 0 Å². The van der Waals surface area contributed by atoms with Crippen molar-refractivity contribution < 1.29 is 19.1 Å². The highest BCUT2D eigenvalue weighted by Crippen LogP contribution is 2.29. The third-order valence-corrected chi connectivity index (χ3v) is 6.53. The molecule has 2 amide bonds. The SMILES string of the molecule is O=C(CC1SC(N2CCCCC2)=NC1=O)Nc1cccc(C(=O)OCc2ccccc2)c1. The van der Waals surface area contributed by atoms with Gasteiger partial charge in [-0.05, 0) is 43.0 Å². The van der Waals surface area contributed by atoms with E-state index in [4.69, 9.17) is 4.74 Å². The first kappa shape index (κ1) is 22.1. The topological polar surface area (TPSA) is 88.1 Å². The summed E-state index contributed by atoms with van der Waals surface area (Å²) in [6.45, 7) is 1.99. The Morgan fingerprint density at radius 3 is 2.62 bits per heavy atom. The summed E-state index contributed by atoms with van der Waals surface area (Å²) in [6.07, 6.45) is 3.44. The molecule has 2 aromatic rings. The first-order chi connectivity index (χ1) is 15.6. The fourth-order valence-corrected chi connectivity index (χ4v) is 4.76. The van der Waals surface area contributed by atoms with E-state index in [9.17, 15) is 14.4 Å². The number of hydrogen-bond acceptors (Lipinski definition) is 6. The number of aliphatic imine (C=N–C) groups is 1. The average Bonchev–Trinajstić information content (AvgIpc) is 3.19. The number of esters is 1. The van der Waals surface area contributed by atoms with Crippen LogP contribution in [0.4, 0.5) is 5.69 Å². The maximum absolute atomic E-state index is 12.5. The van der Waals surface area contributed by atoms with Crippen LogP contribution in [0.15, 0.2) is 59.6 Å². The Morgan fingerprint density at radius 1 is 1.06 bits per heavy atom. The summed E-state index contributed by atoms with van der Waals surface area (Å²) in [5.41, 5.74) is 1.73. The second kappa shape index (κ2) is 10.5. The number of anilines is 1. The lowest BCUT2D eigenvalue weighted by molar-refractivity contribution is -0.121. The van der Waals surface area contributed by atoms with Crippen molar-refractivity contribution in [2.24, 2.45) is 4.99 Å². The van der Waals surface area contributed by atoms with Gasteiger partial charge in [0, 0.05) is 25.2 Å². The zero-order valence-corrected chi connectivity index (χ0v) is 18.5. The van der Waals surface area contributed by atoms with Gasteiger partial charge in [-0.25, -0.2) is 4.79 Å². The molecule has 0 radical (unpaired) electrons. The van der Waals surface area contributed by atoms with Gasteiger partial charge in [0.05, 0.1) is 5.56 Å². The van der Waals surface area contributed by atoms with Gasteiger partial charge < -0.3 is 15.0 Å². The molecule has 0 aliphatic carbocycles. The Kier molecular flexibility index (Phi) is 7.21. The van der Waals surface area contributed by atoms with Crippen LogP contribution in [0.25, 0.3) is 0 Å². The Bertz CT molecular complexity index is 1020. The van der Waals surface area contributed by atoms with Gasteiger partial charge in [0.2, 0.25) is 5.91 Å². The van der Waals surface area contributed by atoms with E-state index in [1.54, 1.807) is 24.3 Å². The van der Waals surface area contributed by atoms with E-state index < -0.39 is 11.2 Å². The fourth-order valence-electron chi connectivity index (χ4n) is 3.64. The minimum atomic E-state index is -0.508. The summed E-state index contributed by atoms with van der Waals surface area (Å²) in [5, 5.41) is 3.00. The zero-order chi connectivity index (χ0) is 22.3. The smallest absolute Gasteiger partial charge is 0.338 e. The van der Waals surface area contributed by atoms with Crippen molar-refractivity contribution in [3.8, 4) is 0 Å².